The molecule has 96 valence electrons. The van der Waals surface area contributed by atoms with Crippen molar-refractivity contribution in [1.29, 1.82) is 0 Å². The third-order valence-corrected chi connectivity index (χ3v) is 4.83. The fraction of sp³-hybridized carbons (Fsp3) is 0.0714. The number of nitrogens with zero attached hydrogens (tertiary/aromatic N) is 1. The van der Waals surface area contributed by atoms with Gasteiger partial charge in [0.05, 0.1) is 16.1 Å². The number of aromatic nitrogens is 2. The summed E-state index contributed by atoms with van der Waals surface area (Å²) in [5.41, 5.74) is 10.2. The van der Waals surface area contributed by atoms with Crippen LogP contribution in [0.4, 0.5) is 5.82 Å². The molecule has 0 amide bonds. The summed E-state index contributed by atoms with van der Waals surface area (Å²) in [5.74, 6) is 0.527. The number of anilines is 1. The molecule has 0 spiro atoms. The molecule has 2 heterocycles. The van der Waals surface area contributed by atoms with E-state index in [1.165, 1.54) is 5.56 Å². The molecule has 0 fully saturated rings. The molecular formula is C14H12BrN3S. The number of halogens is 1. The summed E-state index contributed by atoms with van der Waals surface area (Å²) in [4.78, 5) is 1.11. The van der Waals surface area contributed by atoms with Gasteiger partial charge in [-0.25, -0.2) is 0 Å². The smallest absolute Gasteiger partial charge is 0.153 e. The summed E-state index contributed by atoms with van der Waals surface area (Å²) in [6.45, 7) is 2.07. The highest BCUT2D eigenvalue weighted by atomic mass is 79.9. The maximum atomic E-state index is 6.01. The summed E-state index contributed by atoms with van der Waals surface area (Å²) in [6, 6.07) is 10.3. The van der Waals surface area contributed by atoms with Gasteiger partial charge in [-0.15, -0.1) is 11.3 Å². The van der Waals surface area contributed by atoms with Gasteiger partial charge in [-0.2, -0.15) is 5.10 Å². The number of hydrogen-bond acceptors (Lipinski definition) is 3. The molecule has 3 aromatic rings. The Morgan fingerprint density at radius 3 is 2.58 bits per heavy atom. The van der Waals surface area contributed by atoms with Gasteiger partial charge in [0.2, 0.25) is 0 Å². The van der Waals surface area contributed by atoms with Crippen LogP contribution in [0.5, 0.6) is 0 Å². The van der Waals surface area contributed by atoms with Crippen molar-refractivity contribution in [3.8, 4) is 21.7 Å². The van der Waals surface area contributed by atoms with Gasteiger partial charge >= 0.3 is 0 Å². The minimum Gasteiger partial charge on any atom is -0.382 e. The van der Waals surface area contributed by atoms with Crippen molar-refractivity contribution in [2.75, 3.05) is 5.73 Å². The molecular weight excluding hydrogens is 322 g/mol. The van der Waals surface area contributed by atoms with Crippen molar-refractivity contribution in [2.45, 2.75) is 6.92 Å². The van der Waals surface area contributed by atoms with Gasteiger partial charge in [0.15, 0.2) is 5.82 Å². The highest BCUT2D eigenvalue weighted by Crippen LogP contribution is 2.40. The predicted octanol–water partition coefficient (Wildman–Crippen LogP) is 4.46. The first-order valence-electron chi connectivity index (χ1n) is 5.81. The lowest BCUT2D eigenvalue weighted by Gasteiger charge is -2.04. The minimum atomic E-state index is 0.527. The number of rotatable bonds is 2. The highest BCUT2D eigenvalue weighted by molar-refractivity contribution is 9.10. The molecule has 2 aromatic heterocycles. The maximum absolute atomic E-state index is 6.01. The number of benzene rings is 1. The van der Waals surface area contributed by atoms with E-state index in [2.05, 4.69) is 57.3 Å². The number of thiophene rings is 1. The summed E-state index contributed by atoms with van der Waals surface area (Å²) in [5, 5.41) is 9.22. The minimum absolute atomic E-state index is 0.527. The lowest BCUT2D eigenvalue weighted by Crippen LogP contribution is -1.88. The first kappa shape index (κ1) is 12.4. The fourth-order valence-corrected chi connectivity index (χ4v) is 3.58. The number of aryl methyl sites for hydroxylation is 1. The van der Waals surface area contributed by atoms with Crippen molar-refractivity contribution in [3.63, 3.8) is 0 Å². The van der Waals surface area contributed by atoms with Gasteiger partial charge in [0.1, 0.15) is 0 Å². The van der Waals surface area contributed by atoms with E-state index >= 15 is 0 Å². The Morgan fingerprint density at radius 2 is 1.95 bits per heavy atom. The van der Waals surface area contributed by atoms with Crippen LogP contribution < -0.4 is 5.73 Å². The normalized spacial score (nSPS) is 10.8. The molecule has 0 saturated heterocycles. The van der Waals surface area contributed by atoms with Crippen LogP contribution in [0.3, 0.4) is 0 Å². The van der Waals surface area contributed by atoms with E-state index in [0.29, 0.717) is 5.82 Å². The van der Waals surface area contributed by atoms with Crippen LogP contribution in [0.15, 0.2) is 40.2 Å². The SMILES string of the molecule is Cc1ccc(-c2c(N)n[nH]c2-c2sccc2Br)cc1. The van der Waals surface area contributed by atoms with Crippen LogP contribution in [0.25, 0.3) is 21.7 Å². The van der Waals surface area contributed by atoms with Gasteiger partial charge in [0, 0.05) is 4.47 Å². The molecule has 3 N–H and O–H groups in total. The average Bonchev–Trinajstić information content (AvgIpc) is 2.97. The molecule has 0 unspecified atom stereocenters. The Hall–Kier alpha value is -1.59. The maximum Gasteiger partial charge on any atom is 0.153 e. The molecule has 19 heavy (non-hydrogen) atoms. The topological polar surface area (TPSA) is 54.7 Å². The summed E-state index contributed by atoms with van der Waals surface area (Å²) in [7, 11) is 0. The van der Waals surface area contributed by atoms with Gasteiger partial charge in [-0.05, 0) is 39.9 Å². The molecule has 0 radical (unpaired) electrons. The number of aromatic amines is 1. The molecule has 5 heteroatoms. The van der Waals surface area contributed by atoms with Crippen LogP contribution in [0.2, 0.25) is 0 Å². The fourth-order valence-electron chi connectivity index (χ4n) is 2.00. The molecule has 3 nitrogen and oxygen atoms in total. The van der Waals surface area contributed by atoms with Crippen molar-refractivity contribution in [3.05, 3.63) is 45.7 Å². The zero-order chi connectivity index (χ0) is 13.4. The number of hydrogen-bond donors (Lipinski definition) is 2. The third kappa shape index (κ3) is 2.19. The first-order valence-corrected chi connectivity index (χ1v) is 7.48. The average molecular weight is 334 g/mol. The molecule has 0 bridgehead atoms. The third-order valence-electron chi connectivity index (χ3n) is 2.98. The first-order chi connectivity index (χ1) is 9.16. The van der Waals surface area contributed by atoms with Gasteiger partial charge < -0.3 is 5.73 Å². The van der Waals surface area contributed by atoms with E-state index in [0.717, 1.165) is 26.2 Å². The number of nitrogen functional groups attached to an aromatic ring is 1. The Labute approximate surface area is 123 Å². The summed E-state index contributed by atoms with van der Waals surface area (Å²) < 4.78 is 1.05. The zero-order valence-electron chi connectivity index (χ0n) is 10.3. The number of H-pyrrole nitrogens is 1. The second-order valence-corrected chi connectivity index (χ2v) is 6.09. The van der Waals surface area contributed by atoms with E-state index in [9.17, 15) is 0 Å². The predicted molar refractivity (Wildman–Crippen MR) is 84.2 cm³/mol. The molecule has 0 atom stereocenters. The lowest BCUT2D eigenvalue weighted by molar-refractivity contribution is 1.10. The van der Waals surface area contributed by atoms with Crippen molar-refractivity contribution in [1.82, 2.24) is 10.2 Å². The van der Waals surface area contributed by atoms with Crippen LogP contribution in [-0.2, 0) is 0 Å². The van der Waals surface area contributed by atoms with Crippen LogP contribution >= 0.6 is 27.3 Å². The van der Waals surface area contributed by atoms with Crippen molar-refractivity contribution in [2.24, 2.45) is 0 Å². The van der Waals surface area contributed by atoms with E-state index in [4.69, 9.17) is 5.73 Å². The number of nitrogens with one attached hydrogen (secondary N) is 1. The Morgan fingerprint density at radius 1 is 1.21 bits per heavy atom. The molecule has 1 aromatic carbocycles. The van der Waals surface area contributed by atoms with Gasteiger partial charge in [-0.3, -0.25) is 5.10 Å². The monoisotopic (exact) mass is 333 g/mol. The Balaban J connectivity index is 2.19. The molecule has 0 aliphatic carbocycles. The second kappa shape index (κ2) is 4.83. The van der Waals surface area contributed by atoms with Crippen LogP contribution in [0.1, 0.15) is 5.56 Å². The van der Waals surface area contributed by atoms with Crippen LogP contribution in [0, 0.1) is 6.92 Å². The van der Waals surface area contributed by atoms with E-state index in [1.807, 2.05) is 11.4 Å². The molecule has 0 aliphatic rings. The number of nitrogens with two attached hydrogens (primary N) is 1. The summed E-state index contributed by atoms with van der Waals surface area (Å²) >= 11 is 5.21. The Kier molecular flexibility index (Phi) is 3.16. The van der Waals surface area contributed by atoms with E-state index in [-0.39, 0.29) is 0 Å². The van der Waals surface area contributed by atoms with Gasteiger partial charge in [-0.1, -0.05) is 29.8 Å². The molecule has 0 aliphatic heterocycles. The lowest BCUT2D eigenvalue weighted by atomic mass is 10.0. The largest absolute Gasteiger partial charge is 0.382 e. The Bertz CT molecular complexity index is 713. The summed E-state index contributed by atoms with van der Waals surface area (Å²) in [6.07, 6.45) is 0. The van der Waals surface area contributed by atoms with Crippen molar-refractivity contribution >= 4 is 33.1 Å². The van der Waals surface area contributed by atoms with Crippen molar-refractivity contribution < 1.29 is 0 Å². The van der Waals surface area contributed by atoms with E-state index in [1.54, 1.807) is 11.3 Å². The van der Waals surface area contributed by atoms with E-state index < -0.39 is 0 Å². The second-order valence-electron chi connectivity index (χ2n) is 4.32. The molecule has 3 rings (SSSR count). The van der Waals surface area contributed by atoms with Gasteiger partial charge in [0.25, 0.3) is 0 Å². The standard InChI is InChI=1S/C14H12BrN3S/c1-8-2-4-9(5-3-8)11-12(17-18-14(11)16)13-10(15)6-7-19-13/h2-7H,1H3,(H3,16,17,18). The van der Waals surface area contributed by atoms with Crippen LogP contribution in [-0.4, -0.2) is 10.2 Å². The molecule has 0 saturated carbocycles. The quantitative estimate of drug-likeness (QED) is 0.727. The zero-order valence-corrected chi connectivity index (χ0v) is 12.7. The highest BCUT2D eigenvalue weighted by Gasteiger charge is 2.17.